The minimum Gasteiger partial charge on any atom is -0.335 e. The number of alkyl halides is 4. The van der Waals surface area contributed by atoms with Crippen molar-refractivity contribution in [3.8, 4) is 0 Å². The van der Waals surface area contributed by atoms with Crippen molar-refractivity contribution in [3.05, 3.63) is 0 Å². The summed E-state index contributed by atoms with van der Waals surface area (Å²) in [5, 5.41) is 0. The Bertz CT molecular complexity index is 296. The molecule has 1 rings (SSSR count). The molecular formula is C10H16F4N2O. The second kappa shape index (κ2) is 4.80. The van der Waals surface area contributed by atoms with Gasteiger partial charge in [0.2, 0.25) is 0 Å². The summed E-state index contributed by atoms with van der Waals surface area (Å²) in [6.07, 6.45) is -3.95. The van der Waals surface area contributed by atoms with Gasteiger partial charge in [0.1, 0.15) is 0 Å². The first-order valence-corrected chi connectivity index (χ1v) is 5.29. The maximum absolute atomic E-state index is 12.9. The third-order valence-corrected chi connectivity index (χ3v) is 3.08. The van der Waals surface area contributed by atoms with Gasteiger partial charge in [-0.2, -0.15) is 8.78 Å². The van der Waals surface area contributed by atoms with E-state index in [9.17, 15) is 22.4 Å². The topological polar surface area (TPSA) is 23.6 Å². The number of rotatable bonds is 3. The molecule has 0 aromatic rings. The van der Waals surface area contributed by atoms with Gasteiger partial charge >= 0.3 is 12.3 Å². The average molecular weight is 256 g/mol. The molecule has 7 heteroatoms. The quantitative estimate of drug-likeness (QED) is 0.710. The summed E-state index contributed by atoms with van der Waals surface area (Å²) in [5.41, 5.74) is 0. The van der Waals surface area contributed by atoms with Gasteiger partial charge < -0.3 is 9.80 Å². The van der Waals surface area contributed by atoms with E-state index >= 15 is 0 Å². The van der Waals surface area contributed by atoms with Gasteiger partial charge in [0.05, 0.1) is 0 Å². The first-order chi connectivity index (χ1) is 7.67. The summed E-state index contributed by atoms with van der Waals surface area (Å²) in [6, 6.07) is -0.0765. The summed E-state index contributed by atoms with van der Waals surface area (Å²) in [6.45, 7) is 1.96. The molecule has 1 amide bonds. The molecule has 0 N–H and O–H groups in total. The third kappa shape index (κ3) is 2.70. The molecule has 1 saturated heterocycles. The molecule has 1 fully saturated rings. The fourth-order valence-corrected chi connectivity index (χ4v) is 2.09. The Labute approximate surface area is 97.4 Å². The van der Waals surface area contributed by atoms with E-state index in [1.54, 1.807) is 25.9 Å². The average Bonchev–Trinajstić information content (AvgIpc) is 2.58. The van der Waals surface area contributed by atoms with E-state index in [-0.39, 0.29) is 25.0 Å². The normalized spacial score (nSPS) is 26.1. The van der Waals surface area contributed by atoms with Gasteiger partial charge in [-0.3, -0.25) is 4.79 Å². The van der Waals surface area contributed by atoms with Crippen LogP contribution in [0.4, 0.5) is 17.6 Å². The van der Waals surface area contributed by atoms with E-state index < -0.39 is 18.3 Å². The van der Waals surface area contributed by atoms with Crippen molar-refractivity contribution in [2.75, 3.05) is 27.2 Å². The van der Waals surface area contributed by atoms with Gasteiger partial charge in [-0.05, 0) is 20.0 Å². The van der Waals surface area contributed by atoms with Crippen LogP contribution in [0.25, 0.3) is 0 Å². The van der Waals surface area contributed by atoms with Crippen LogP contribution < -0.4 is 0 Å². The Morgan fingerprint density at radius 3 is 2.24 bits per heavy atom. The number of halogens is 4. The van der Waals surface area contributed by atoms with E-state index in [2.05, 4.69) is 0 Å². The van der Waals surface area contributed by atoms with Crippen LogP contribution in [0.2, 0.25) is 0 Å². The van der Waals surface area contributed by atoms with Crippen LogP contribution in [0.5, 0.6) is 0 Å². The van der Waals surface area contributed by atoms with Crippen molar-refractivity contribution < 1.29 is 22.4 Å². The van der Waals surface area contributed by atoms with Gasteiger partial charge in [-0.1, -0.05) is 6.92 Å². The molecular weight excluding hydrogens is 240 g/mol. The predicted molar refractivity (Wildman–Crippen MR) is 54.2 cm³/mol. The Morgan fingerprint density at radius 2 is 1.88 bits per heavy atom. The van der Waals surface area contributed by atoms with Crippen LogP contribution in [0.1, 0.15) is 6.92 Å². The van der Waals surface area contributed by atoms with Crippen LogP contribution in [0.3, 0.4) is 0 Å². The molecule has 1 aliphatic heterocycles. The Kier molecular flexibility index (Phi) is 4.01. The standard InChI is InChI=1S/C10H16F4N2O/c1-6-4-16(5-7(6)15(2)3)9(17)10(13,14)8(11)12/h6-8H,4-5H2,1-3H3. The van der Waals surface area contributed by atoms with Crippen molar-refractivity contribution in [2.45, 2.75) is 25.3 Å². The van der Waals surface area contributed by atoms with E-state index in [1.165, 1.54) is 0 Å². The second-order valence-electron chi connectivity index (χ2n) is 4.64. The number of carbonyl (C=O) groups excluding carboxylic acids is 1. The molecule has 0 aromatic carbocycles. The zero-order valence-corrected chi connectivity index (χ0v) is 9.96. The molecule has 0 aromatic heterocycles. The SMILES string of the molecule is CC1CN(C(=O)C(F)(F)C(F)F)CC1N(C)C. The maximum Gasteiger partial charge on any atom is 0.383 e. The van der Waals surface area contributed by atoms with Crippen LogP contribution in [0.15, 0.2) is 0 Å². The lowest BCUT2D eigenvalue weighted by atomic mass is 10.1. The van der Waals surface area contributed by atoms with Gasteiger partial charge in [-0.25, -0.2) is 8.78 Å². The number of nitrogens with zero attached hydrogens (tertiary/aromatic N) is 2. The van der Waals surface area contributed by atoms with E-state index in [0.29, 0.717) is 0 Å². The fraction of sp³-hybridized carbons (Fsp3) is 0.900. The highest BCUT2D eigenvalue weighted by molar-refractivity contribution is 5.84. The maximum atomic E-state index is 12.9. The van der Waals surface area contributed by atoms with Gasteiger partial charge in [0.15, 0.2) is 0 Å². The summed E-state index contributed by atoms with van der Waals surface area (Å²) >= 11 is 0. The van der Waals surface area contributed by atoms with E-state index in [1.807, 2.05) is 0 Å². The van der Waals surface area contributed by atoms with Crippen molar-refractivity contribution in [2.24, 2.45) is 5.92 Å². The fourth-order valence-electron chi connectivity index (χ4n) is 2.09. The van der Waals surface area contributed by atoms with Crippen molar-refractivity contribution >= 4 is 5.91 Å². The predicted octanol–water partition coefficient (Wildman–Crippen LogP) is 1.30. The Hall–Kier alpha value is -0.850. The number of amides is 1. The van der Waals surface area contributed by atoms with E-state index in [0.717, 1.165) is 4.90 Å². The zero-order valence-electron chi connectivity index (χ0n) is 9.96. The van der Waals surface area contributed by atoms with Gasteiger partial charge in [0, 0.05) is 19.1 Å². The van der Waals surface area contributed by atoms with E-state index in [4.69, 9.17) is 0 Å². The smallest absolute Gasteiger partial charge is 0.335 e. The summed E-state index contributed by atoms with van der Waals surface area (Å²) in [4.78, 5) is 13.9. The number of carbonyl (C=O) groups is 1. The molecule has 100 valence electrons. The molecule has 1 heterocycles. The lowest BCUT2D eigenvalue weighted by Crippen LogP contribution is -2.47. The lowest BCUT2D eigenvalue weighted by molar-refractivity contribution is -0.179. The first-order valence-electron chi connectivity index (χ1n) is 5.29. The van der Waals surface area contributed by atoms with Crippen LogP contribution >= 0.6 is 0 Å². The minimum absolute atomic E-state index is 0.0116. The molecule has 17 heavy (non-hydrogen) atoms. The number of hydrogen-bond acceptors (Lipinski definition) is 2. The van der Waals surface area contributed by atoms with Gasteiger partial charge in [-0.15, -0.1) is 0 Å². The van der Waals surface area contributed by atoms with Crippen molar-refractivity contribution in [1.29, 1.82) is 0 Å². The van der Waals surface area contributed by atoms with Gasteiger partial charge in [0.25, 0.3) is 5.91 Å². The molecule has 0 saturated carbocycles. The molecule has 2 atom stereocenters. The molecule has 0 radical (unpaired) electrons. The molecule has 3 nitrogen and oxygen atoms in total. The lowest BCUT2D eigenvalue weighted by Gasteiger charge is -2.24. The minimum atomic E-state index is -4.58. The highest BCUT2D eigenvalue weighted by Gasteiger charge is 2.53. The number of hydrogen-bond donors (Lipinski definition) is 0. The number of likely N-dealkylation sites (N-methyl/N-ethyl adjacent to an activating group) is 1. The van der Waals surface area contributed by atoms with Crippen LogP contribution in [-0.2, 0) is 4.79 Å². The molecule has 0 aliphatic carbocycles. The monoisotopic (exact) mass is 256 g/mol. The molecule has 0 spiro atoms. The van der Waals surface area contributed by atoms with Crippen LogP contribution in [0, 0.1) is 5.92 Å². The summed E-state index contributed by atoms with van der Waals surface area (Å²) < 4.78 is 49.9. The highest BCUT2D eigenvalue weighted by Crippen LogP contribution is 2.29. The summed E-state index contributed by atoms with van der Waals surface area (Å²) in [7, 11) is 3.53. The molecule has 0 bridgehead atoms. The highest BCUT2D eigenvalue weighted by atomic mass is 19.3. The first kappa shape index (κ1) is 14.2. The number of likely N-dealkylation sites (tertiary alicyclic amines) is 1. The summed E-state index contributed by atoms with van der Waals surface area (Å²) in [5.74, 6) is -6.37. The van der Waals surface area contributed by atoms with Crippen molar-refractivity contribution in [1.82, 2.24) is 9.80 Å². The Morgan fingerprint density at radius 1 is 1.35 bits per heavy atom. The Balaban J connectivity index is 2.74. The van der Waals surface area contributed by atoms with Crippen molar-refractivity contribution in [3.63, 3.8) is 0 Å². The largest absolute Gasteiger partial charge is 0.383 e. The molecule has 2 unspecified atom stereocenters. The molecule has 1 aliphatic rings. The van der Waals surface area contributed by atoms with Crippen LogP contribution in [-0.4, -0.2) is 61.3 Å². The third-order valence-electron chi connectivity index (χ3n) is 3.08. The second-order valence-corrected chi connectivity index (χ2v) is 4.64. The zero-order chi connectivity index (χ0) is 13.4.